The van der Waals surface area contributed by atoms with Crippen LogP contribution in [0.1, 0.15) is 40.2 Å². The summed E-state index contributed by atoms with van der Waals surface area (Å²) in [6, 6.07) is 4.65. The van der Waals surface area contributed by atoms with Gasteiger partial charge in [-0.25, -0.2) is 4.98 Å². The lowest BCUT2D eigenvalue weighted by Crippen LogP contribution is -2.31. The molecule has 1 aromatic rings. The average molecular weight is 249 g/mol. The summed E-state index contributed by atoms with van der Waals surface area (Å²) in [6.07, 6.45) is 1.87. The minimum absolute atomic E-state index is 0.273. The van der Waals surface area contributed by atoms with E-state index in [1.807, 2.05) is 12.3 Å². The van der Waals surface area contributed by atoms with Gasteiger partial charge in [0, 0.05) is 37.9 Å². The molecular weight excluding hydrogens is 222 g/mol. The van der Waals surface area contributed by atoms with E-state index < -0.39 is 0 Å². The van der Waals surface area contributed by atoms with Gasteiger partial charge < -0.3 is 10.2 Å². The predicted octanol–water partition coefficient (Wildman–Crippen LogP) is 3.06. The van der Waals surface area contributed by atoms with E-state index >= 15 is 0 Å². The largest absolute Gasteiger partial charge is 0.359 e. The lowest BCUT2D eigenvalue weighted by atomic mass is 9.96. The molecule has 0 bridgehead atoms. The van der Waals surface area contributed by atoms with Crippen LogP contribution >= 0.6 is 0 Å². The van der Waals surface area contributed by atoms with Gasteiger partial charge in [-0.15, -0.1) is 0 Å². The van der Waals surface area contributed by atoms with Gasteiger partial charge in [-0.2, -0.15) is 0 Å². The zero-order chi connectivity index (χ0) is 13.8. The van der Waals surface area contributed by atoms with Crippen molar-refractivity contribution in [3.63, 3.8) is 0 Å². The molecule has 1 rings (SSSR count). The van der Waals surface area contributed by atoms with E-state index in [-0.39, 0.29) is 5.41 Å². The summed E-state index contributed by atoms with van der Waals surface area (Å²) < 4.78 is 0. The summed E-state index contributed by atoms with van der Waals surface area (Å²) in [5, 5.41) is 3.45. The summed E-state index contributed by atoms with van der Waals surface area (Å²) in [5.41, 5.74) is 1.53. The fourth-order valence-electron chi connectivity index (χ4n) is 2.01. The SMILES string of the molecule is CC(C)NCc1cccnc1N(C)CC(C)(C)C. The fourth-order valence-corrected chi connectivity index (χ4v) is 2.01. The second-order valence-corrected chi connectivity index (χ2v) is 6.44. The van der Waals surface area contributed by atoms with E-state index in [1.165, 1.54) is 5.56 Å². The maximum atomic E-state index is 4.53. The number of hydrogen-bond acceptors (Lipinski definition) is 3. The standard InChI is InChI=1S/C15H27N3/c1-12(2)17-10-13-8-7-9-16-14(13)18(6)11-15(3,4)5/h7-9,12,17H,10-11H2,1-6H3. The van der Waals surface area contributed by atoms with E-state index in [4.69, 9.17) is 0 Å². The Morgan fingerprint density at radius 1 is 1.33 bits per heavy atom. The van der Waals surface area contributed by atoms with Crippen molar-refractivity contribution in [3.05, 3.63) is 23.9 Å². The smallest absolute Gasteiger partial charge is 0.132 e. The first kappa shape index (κ1) is 15.0. The zero-order valence-corrected chi connectivity index (χ0v) is 12.6. The summed E-state index contributed by atoms with van der Waals surface area (Å²) >= 11 is 0. The first-order valence-corrected chi connectivity index (χ1v) is 6.68. The predicted molar refractivity (Wildman–Crippen MR) is 78.9 cm³/mol. The Labute approximate surface area is 112 Å². The van der Waals surface area contributed by atoms with Crippen molar-refractivity contribution >= 4 is 5.82 Å². The molecule has 3 nitrogen and oxygen atoms in total. The van der Waals surface area contributed by atoms with Crippen LogP contribution in [0.5, 0.6) is 0 Å². The van der Waals surface area contributed by atoms with Crippen molar-refractivity contribution in [1.82, 2.24) is 10.3 Å². The second kappa shape index (κ2) is 6.19. The van der Waals surface area contributed by atoms with Gasteiger partial charge in [-0.1, -0.05) is 40.7 Å². The molecule has 0 aromatic carbocycles. The van der Waals surface area contributed by atoms with Crippen molar-refractivity contribution in [2.45, 2.75) is 47.2 Å². The number of rotatable bonds is 5. The van der Waals surface area contributed by atoms with Crippen molar-refractivity contribution < 1.29 is 0 Å². The Morgan fingerprint density at radius 2 is 2.00 bits per heavy atom. The molecule has 1 aromatic heterocycles. The van der Waals surface area contributed by atoms with Crippen molar-refractivity contribution in [1.29, 1.82) is 0 Å². The molecule has 18 heavy (non-hydrogen) atoms. The maximum Gasteiger partial charge on any atom is 0.132 e. The molecule has 0 spiro atoms. The Morgan fingerprint density at radius 3 is 2.56 bits per heavy atom. The molecule has 0 aliphatic carbocycles. The van der Waals surface area contributed by atoms with Gasteiger partial charge in [0.25, 0.3) is 0 Å². The average Bonchev–Trinajstić information content (AvgIpc) is 2.24. The van der Waals surface area contributed by atoms with E-state index in [0.717, 1.165) is 18.9 Å². The number of anilines is 1. The molecular formula is C15H27N3. The lowest BCUT2D eigenvalue weighted by molar-refractivity contribution is 0.417. The van der Waals surface area contributed by atoms with Crippen molar-refractivity contribution in [3.8, 4) is 0 Å². The zero-order valence-electron chi connectivity index (χ0n) is 12.6. The van der Waals surface area contributed by atoms with Crippen LogP contribution in [0.2, 0.25) is 0 Å². The lowest BCUT2D eigenvalue weighted by Gasteiger charge is -2.29. The summed E-state index contributed by atoms with van der Waals surface area (Å²) in [4.78, 5) is 6.77. The van der Waals surface area contributed by atoms with E-state index in [2.05, 4.69) is 62.9 Å². The van der Waals surface area contributed by atoms with Crippen LogP contribution < -0.4 is 10.2 Å². The van der Waals surface area contributed by atoms with Crippen LogP contribution in [0.3, 0.4) is 0 Å². The first-order valence-electron chi connectivity index (χ1n) is 6.68. The van der Waals surface area contributed by atoms with Crippen LogP contribution in [-0.4, -0.2) is 24.6 Å². The monoisotopic (exact) mass is 249 g/mol. The van der Waals surface area contributed by atoms with Gasteiger partial charge in [0.15, 0.2) is 0 Å². The second-order valence-electron chi connectivity index (χ2n) is 6.44. The molecule has 0 amide bonds. The van der Waals surface area contributed by atoms with Crippen LogP contribution in [-0.2, 0) is 6.54 Å². The fraction of sp³-hybridized carbons (Fsp3) is 0.667. The number of pyridine rings is 1. The van der Waals surface area contributed by atoms with Gasteiger partial charge in [0.05, 0.1) is 0 Å². The molecule has 102 valence electrons. The summed E-state index contributed by atoms with van der Waals surface area (Å²) in [7, 11) is 2.12. The summed E-state index contributed by atoms with van der Waals surface area (Å²) in [6.45, 7) is 12.9. The third-order valence-electron chi connectivity index (χ3n) is 2.64. The van der Waals surface area contributed by atoms with Gasteiger partial charge in [0.2, 0.25) is 0 Å². The molecule has 1 heterocycles. The van der Waals surface area contributed by atoms with Gasteiger partial charge >= 0.3 is 0 Å². The molecule has 0 aliphatic heterocycles. The van der Waals surface area contributed by atoms with Crippen molar-refractivity contribution in [2.75, 3.05) is 18.5 Å². The highest BCUT2D eigenvalue weighted by atomic mass is 15.2. The van der Waals surface area contributed by atoms with Gasteiger partial charge in [-0.05, 0) is 11.5 Å². The minimum Gasteiger partial charge on any atom is -0.359 e. The summed E-state index contributed by atoms with van der Waals surface area (Å²) in [5.74, 6) is 1.08. The van der Waals surface area contributed by atoms with Crippen LogP contribution in [0.4, 0.5) is 5.82 Å². The molecule has 0 saturated carbocycles. The highest BCUT2D eigenvalue weighted by Crippen LogP contribution is 2.21. The highest BCUT2D eigenvalue weighted by molar-refractivity contribution is 5.46. The molecule has 0 atom stereocenters. The first-order chi connectivity index (χ1) is 8.29. The molecule has 0 radical (unpaired) electrons. The molecule has 0 unspecified atom stereocenters. The van der Waals surface area contributed by atoms with Gasteiger partial charge in [0.1, 0.15) is 5.82 Å². The number of aromatic nitrogens is 1. The van der Waals surface area contributed by atoms with E-state index in [1.54, 1.807) is 0 Å². The van der Waals surface area contributed by atoms with Gasteiger partial charge in [-0.3, -0.25) is 0 Å². The van der Waals surface area contributed by atoms with E-state index in [0.29, 0.717) is 6.04 Å². The Balaban J connectivity index is 2.80. The number of hydrogen-bond donors (Lipinski definition) is 1. The normalized spacial score (nSPS) is 11.9. The maximum absolute atomic E-state index is 4.53. The number of nitrogens with zero attached hydrogens (tertiary/aromatic N) is 2. The Bertz CT molecular complexity index is 366. The van der Waals surface area contributed by atoms with Crippen molar-refractivity contribution in [2.24, 2.45) is 5.41 Å². The Hall–Kier alpha value is -1.09. The quantitative estimate of drug-likeness (QED) is 0.869. The molecule has 1 N–H and O–H groups in total. The van der Waals surface area contributed by atoms with Crippen LogP contribution in [0, 0.1) is 5.41 Å². The molecule has 3 heteroatoms. The molecule has 0 saturated heterocycles. The Kier molecular flexibility index (Phi) is 5.15. The van der Waals surface area contributed by atoms with Crippen LogP contribution in [0.15, 0.2) is 18.3 Å². The highest BCUT2D eigenvalue weighted by Gasteiger charge is 2.16. The van der Waals surface area contributed by atoms with Crippen LogP contribution in [0.25, 0.3) is 0 Å². The van der Waals surface area contributed by atoms with E-state index in [9.17, 15) is 0 Å². The molecule has 0 fully saturated rings. The number of nitrogens with one attached hydrogen (secondary N) is 1. The third-order valence-corrected chi connectivity index (χ3v) is 2.64. The topological polar surface area (TPSA) is 28.2 Å². The third kappa shape index (κ3) is 5.05. The minimum atomic E-state index is 0.273. The molecule has 0 aliphatic rings.